The minimum Gasteiger partial charge on any atom is -0.469 e. The largest absolute Gasteiger partial charge is 0.469 e. The first-order chi connectivity index (χ1) is 13.3. The number of nitrogens with one attached hydrogen (secondary N) is 2. The summed E-state index contributed by atoms with van der Waals surface area (Å²) in [5.41, 5.74) is 2.40. The molecule has 1 fully saturated rings. The molecular formula is C21H29N3O3. The lowest BCUT2D eigenvalue weighted by atomic mass is 10.1. The van der Waals surface area contributed by atoms with Gasteiger partial charge in [-0.3, -0.25) is 4.99 Å². The topological polar surface area (TPSA) is 68.0 Å². The van der Waals surface area contributed by atoms with Crippen molar-refractivity contribution in [2.75, 3.05) is 26.8 Å². The van der Waals surface area contributed by atoms with E-state index in [-0.39, 0.29) is 0 Å². The SMILES string of the molecule is CN=C(NCCc1ccco1)NCc1cccc(COC2CCOCC2)c1. The number of hydrogen-bond acceptors (Lipinski definition) is 4. The standard InChI is InChI=1S/C21H29N3O3/c1-22-21(23-10-7-19-6-3-11-26-19)24-15-17-4-2-5-18(14-17)16-27-20-8-12-25-13-9-20/h2-6,11,14,20H,7-10,12-13,15-16H2,1H3,(H2,22,23,24). The Bertz CT molecular complexity index is 694. The first kappa shape index (κ1) is 19.5. The molecule has 0 saturated carbocycles. The molecule has 1 aromatic heterocycles. The fourth-order valence-corrected chi connectivity index (χ4v) is 3.05. The lowest BCUT2D eigenvalue weighted by molar-refractivity contribution is -0.0390. The number of hydrogen-bond donors (Lipinski definition) is 2. The van der Waals surface area contributed by atoms with Crippen LogP contribution in [0.2, 0.25) is 0 Å². The van der Waals surface area contributed by atoms with Crippen LogP contribution in [0.15, 0.2) is 52.1 Å². The van der Waals surface area contributed by atoms with Gasteiger partial charge >= 0.3 is 0 Å². The molecule has 3 rings (SSSR count). The van der Waals surface area contributed by atoms with E-state index in [2.05, 4.69) is 39.9 Å². The maximum Gasteiger partial charge on any atom is 0.191 e. The fourth-order valence-electron chi connectivity index (χ4n) is 3.05. The Morgan fingerprint density at radius 3 is 2.78 bits per heavy atom. The van der Waals surface area contributed by atoms with Gasteiger partial charge in [0.25, 0.3) is 0 Å². The lowest BCUT2D eigenvalue weighted by Crippen LogP contribution is -2.37. The van der Waals surface area contributed by atoms with Crippen molar-refractivity contribution >= 4 is 5.96 Å². The minimum atomic E-state index is 0.317. The molecule has 1 aliphatic rings. The van der Waals surface area contributed by atoms with Gasteiger partial charge in [-0.25, -0.2) is 0 Å². The molecule has 6 heteroatoms. The molecule has 0 amide bonds. The molecule has 0 atom stereocenters. The van der Waals surface area contributed by atoms with Crippen molar-refractivity contribution in [1.82, 2.24) is 10.6 Å². The van der Waals surface area contributed by atoms with Crippen LogP contribution in [-0.4, -0.2) is 38.9 Å². The number of rotatable bonds is 8. The molecule has 6 nitrogen and oxygen atoms in total. The van der Waals surface area contributed by atoms with E-state index < -0.39 is 0 Å². The second-order valence-electron chi connectivity index (χ2n) is 6.62. The molecule has 0 radical (unpaired) electrons. The fraction of sp³-hybridized carbons (Fsp3) is 0.476. The highest BCUT2D eigenvalue weighted by atomic mass is 16.5. The van der Waals surface area contributed by atoms with Crippen molar-refractivity contribution < 1.29 is 13.9 Å². The van der Waals surface area contributed by atoms with E-state index in [1.807, 2.05) is 12.1 Å². The van der Waals surface area contributed by atoms with Crippen molar-refractivity contribution in [3.05, 3.63) is 59.5 Å². The number of guanidine groups is 1. The maximum absolute atomic E-state index is 6.01. The summed E-state index contributed by atoms with van der Waals surface area (Å²) in [6.45, 7) is 3.74. The van der Waals surface area contributed by atoms with Gasteiger partial charge < -0.3 is 24.5 Å². The highest BCUT2D eigenvalue weighted by molar-refractivity contribution is 5.79. The molecule has 146 valence electrons. The predicted molar refractivity (Wildman–Crippen MR) is 106 cm³/mol. The highest BCUT2D eigenvalue weighted by Gasteiger charge is 2.14. The van der Waals surface area contributed by atoms with Crippen molar-refractivity contribution in [2.24, 2.45) is 4.99 Å². The van der Waals surface area contributed by atoms with E-state index in [0.717, 1.165) is 50.7 Å². The van der Waals surface area contributed by atoms with Crippen molar-refractivity contribution in [3.63, 3.8) is 0 Å². The molecule has 1 saturated heterocycles. The zero-order chi connectivity index (χ0) is 18.7. The van der Waals surface area contributed by atoms with E-state index in [9.17, 15) is 0 Å². The first-order valence-corrected chi connectivity index (χ1v) is 9.57. The summed E-state index contributed by atoms with van der Waals surface area (Å²) < 4.78 is 16.7. The summed E-state index contributed by atoms with van der Waals surface area (Å²) in [7, 11) is 1.78. The van der Waals surface area contributed by atoms with Gasteiger partial charge in [0.15, 0.2) is 5.96 Å². The minimum absolute atomic E-state index is 0.317. The third-order valence-corrected chi connectivity index (χ3v) is 4.57. The molecular weight excluding hydrogens is 342 g/mol. The molecule has 0 aliphatic carbocycles. The Balaban J connectivity index is 1.41. The predicted octanol–water partition coefficient (Wildman–Crippen LogP) is 2.88. The smallest absolute Gasteiger partial charge is 0.191 e. The van der Waals surface area contributed by atoms with Gasteiger partial charge in [-0.05, 0) is 36.1 Å². The molecule has 2 N–H and O–H groups in total. The number of nitrogens with zero attached hydrogens (tertiary/aromatic N) is 1. The Morgan fingerprint density at radius 2 is 2.00 bits per heavy atom. The molecule has 2 heterocycles. The average Bonchev–Trinajstić information content (AvgIpc) is 3.23. The zero-order valence-electron chi connectivity index (χ0n) is 15.9. The molecule has 0 spiro atoms. The van der Waals surface area contributed by atoms with Gasteiger partial charge in [0.05, 0.1) is 19.0 Å². The summed E-state index contributed by atoms with van der Waals surface area (Å²) in [5.74, 6) is 1.75. The number of benzene rings is 1. The second kappa shape index (κ2) is 10.7. The van der Waals surface area contributed by atoms with Gasteiger partial charge in [0, 0.05) is 39.8 Å². The molecule has 2 aromatic rings. The summed E-state index contributed by atoms with van der Waals surface area (Å²) in [5, 5.41) is 6.65. The van der Waals surface area contributed by atoms with Crippen LogP contribution in [0.25, 0.3) is 0 Å². The van der Waals surface area contributed by atoms with E-state index in [1.54, 1.807) is 13.3 Å². The third kappa shape index (κ3) is 6.73. The van der Waals surface area contributed by atoms with Crippen LogP contribution in [0.5, 0.6) is 0 Å². The summed E-state index contributed by atoms with van der Waals surface area (Å²) in [6.07, 6.45) is 4.81. The average molecular weight is 371 g/mol. The molecule has 0 unspecified atom stereocenters. The maximum atomic E-state index is 6.01. The first-order valence-electron chi connectivity index (χ1n) is 9.57. The quantitative estimate of drug-likeness (QED) is 0.552. The van der Waals surface area contributed by atoms with Crippen LogP contribution < -0.4 is 10.6 Å². The van der Waals surface area contributed by atoms with Crippen LogP contribution in [-0.2, 0) is 29.0 Å². The van der Waals surface area contributed by atoms with E-state index in [1.165, 1.54) is 11.1 Å². The molecule has 1 aromatic carbocycles. The van der Waals surface area contributed by atoms with Crippen LogP contribution >= 0.6 is 0 Å². The third-order valence-electron chi connectivity index (χ3n) is 4.57. The van der Waals surface area contributed by atoms with Gasteiger partial charge in [-0.1, -0.05) is 24.3 Å². The lowest BCUT2D eigenvalue weighted by Gasteiger charge is -2.22. The normalized spacial score (nSPS) is 15.7. The Kier molecular flexibility index (Phi) is 7.74. The molecule has 0 bridgehead atoms. The Hall–Kier alpha value is -2.31. The monoisotopic (exact) mass is 371 g/mol. The van der Waals surface area contributed by atoms with E-state index in [0.29, 0.717) is 19.3 Å². The van der Waals surface area contributed by atoms with Gasteiger partial charge in [0.2, 0.25) is 0 Å². The second-order valence-corrected chi connectivity index (χ2v) is 6.62. The molecule has 27 heavy (non-hydrogen) atoms. The summed E-state index contributed by atoms with van der Waals surface area (Å²) >= 11 is 0. The van der Waals surface area contributed by atoms with E-state index >= 15 is 0 Å². The van der Waals surface area contributed by atoms with Gasteiger partial charge in [-0.2, -0.15) is 0 Å². The zero-order valence-corrected chi connectivity index (χ0v) is 15.9. The number of ether oxygens (including phenoxy) is 2. The van der Waals surface area contributed by atoms with Crippen molar-refractivity contribution in [3.8, 4) is 0 Å². The van der Waals surface area contributed by atoms with Crippen molar-refractivity contribution in [2.45, 2.75) is 38.5 Å². The highest BCUT2D eigenvalue weighted by Crippen LogP contribution is 2.14. The van der Waals surface area contributed by atoms with E-state index in [4.69, 9.17) is 13.9 Å². The van der Waals surface area contributed by atoms with Crippen LogP contribution in [0.1, 0.15) is 29.7 Å². The Labute approximate surface area is 161 Å². The number of aliphatic imine (C=N–C) groups is 1. The van der Waals surface area contributed by atoms with Crippen LogP contribution in [0.4, 0.5) is 0 Å². The summed E-state index contributed by atoms with van der Waals surface area (Å²) in [4.78, 5) is 4.27. The van der Waals surface area contributed by atoms with Gasteiger partial charge in [0.1, 0.15) is 5.76 Å². The van der Waals surface area contributed by atoms with Crippen molar-refractivity contribution in [1.29, 1.82) is 0 Å². The van der Waals surface area contributed by atoms with Crippen LogP contribution in [0.3, 0.4) is 0 Å². The number of furan rings is 1. The summed E-state index contributed by atoms with van der Waals surface area (Å²) in [6, 6.07) is 12.4. The molecule has 1 aliphatic heterocycles. The Morgan fingerprint density at radius 1 is 1.15 bits per heavy atom. The van der Waals surface area contributed by atoms with Gasteiger partial charge in [-0.15, -0.1) is 0 Å². The van der Waals surface area contributed by atoms with Crippen LogP contribution in [0, 0.1) is 0 Å².